The second-order valence-corrected chi connectivity index (χ2v) is 4.86. The molecular formula is C8H12F2O4S. The Morgan fingerprint density at radius 1 is 1.60 bits per heavy atom. The SMILES string of the molecule is CS(=O)(=O)OCC(C(F)F)C1C=CCO1. The second kappa shape index (κ2) is 5.00. The molecule has 0 aromatic rings. The zero-order valence-electron chi connectivity index (χ0n) is 8.10. The summed E-state index contributed by atoms with van der Waals surface area (Å²) in [5, 5.41) is 0. The van der Waals surface area contributed by atoms with E-state index < -0.39 is 35.2 Å². The largest absolute Gasteiger partial charge is 0.369 e. The maximum absolute atomic E-state index is 12.5. The highest BCUT2D eigenvalue weighted by atomic mass is 32.2. The Bertz CT molecular complexity index is 326. The highest BCUT2D eigenvalue weighted by molar-refractivity contribution is 7.85. The van der Waals surface area contributed by atoms with Crippen molar-refractivity contribution in [2.45, 2.75) is 12.5 Å². The normalized spacial score (nSPS) is 23.6. The average molecular weight is 242 g/mol. The first-order valence-corrected chi connectivity index (χ1v) is 6.12. The van der Waals surface area contributed by atoms with Gasteiger partial charge in [0.25, 0.3) is 10.1 Å². The van der Waals surface area contributed by atoms with Crippen LogP contribution >= 0.6 is 0 Å². The fourth-order valence-corrected chi connectivity index (χ4v) is 1.60. The first-order valence-electron chi connectivity index (χ1n) is 4.31. The molecule has 2 unspecified atom stereocenters. The molecule has 0 spiro atoms. The molecule has 0 saturated heterocycles. The van der Waals surface area contributed by atoms with Crippen LogP contribution in [0.2, 0.25) is 0 Å². The van der Waals surface area contributed by atoms with Gasteiger partial charge in [0.1, 0.15) is 0 Å². The lowest BCUT2D eigenvalue weighted by Crippen LogP contribution is -2.31. The van der Waals surface area contributed by atoms with Crippen LogP contribution in [0.25, 0.3) is 0 Å². The van der Waals surface area contributed by atoms with Crippen LogP contribution in [0.1, 0.15) is 0 Å². The van der Waals surface area contributed by atoms with Gasteiger partial charge in [0.2, 0.25) is 6.43 Å². The van der Waals surface area contributed by atoms with Crippen LogP contribution in [0.3, 0.4) is 0 Å². The Kier molecular flexibility index (Phi) is 4.18. The number of ether oxygens (including phenoxy) is 1. The molecular weight excluding hydrogens is 230 g/mol. The minimum atomic E-state index is -3.70. The summed E-state index contributed by atoms with van der Waals surface area (Å²) < 4.78 is 55.7. The van der Waals surface area contributed by atoms with E-state index >= 15 is 0 Å². The zero-order valence-corrected chi connectivity index (χ0v) is 8.91. The number of alkyl halides is 2. The van der Waals surface area contributed by atoms with Crippen molar-refractivity contribution in [3.8, 4) is 0 Å². The van der Waals surface area contributed by atoms with Gasteiger partial charge in [-0.25, -0.2) is 8.78 Å². The quantitative estimate of drug-likeness (QED) is 0.528. The Morgan fingerprint density at radius 2 is 2.27 bits per heavy atom. The van der Waals surface area contributed by atoms with Gasteiger partial charge in [-0.15, -0.1) is 0 Å². The van der Waals surface area contributed by atoms with Crippen molar-refractivity contribution in [1.29, 1.82) is 0 Å². The molecule has 1 heterocycles. The zero-order chi connectivity index (χ0) is 11.5. The maximum Gasteiger partial charge on any atom is 0.264 e. The smallest absolute Gasteiger partial charge is 0.264 e. The summed E-state index contributed by atoms with van der Waals surface area (Å²) in [6, 6.07) is 0. The lowest BCUT2D eigenvalue weighted by Gasteiger charge is -2.20. The molecule has 1 aliphatic heterocycles. The van der Waals surface area contributed by atoms with Crippen molar-refractivity contribution in [3.05, 3.63) is 12.2 Å². The molecule has 0 fully saturated rings. The summed E-state index contributed by atoms with van der Waals surface area (Å²) in [7, 11) is -3.70. The lowest BCUT2D eigenvalue weighted by molar-refractivity contribution is -0.0284. The fourth-order valence-electron chi connectivity index (χ4n) is 1.19. The third kappa shape index (κ3) is 4.23. The minimum absolute atomic E-state index is 0.271. The van der Waals surface area contributed by atoms with Gasteiger partial charge in [-0.05, 0) is 0 Å². The molecule has 4 nitrogen and oxygen atoms in total. The average Bonchev–Trinajstić information content (AvgIpc) is 2.54. The van der Waals surface area contributed by atoms with Gasteiger partial charge in [-0.1, -0.05) is 12.2 Å². The van der Waals surface area contributed by atoms with Crippen molar-refractivity contribution in [1.82, 2.24) is 0 Å². The van der Waals surface area contributed by atoms with Crippen LogP contribution in [0, 0.1) is 5.92 Å². The monoisotopic (exact) mass is 242 g/mol. The Labute approximate surface area is 87.0 Å². The molecule has 1 aliphatic rings. The number of rotatable bonds is 5. The van der Waals surface area contributed by atoms with Crippen LogP contribution in [-0.2, 0) is 19.0 Å². The summed E-state index contributed by atoms with van der Waals surface area (Å²) in [5.41, 5.74) is 0. The summed E-state index contributed by atoms with van der Waals surface area (Å²) in [4.78, 5) is 0. The van der Waals surface area contributed by atoms with E-state index in [2.05, 4.69) is 4.18 Å². The fraction of sp³-hybridized carbons (Fsp3) is 0.750. The van der Waals surface area contributed by atoms with Gasteiger partial charge in [0, 0.05) is 0 Å². The van der Waals surface area contributed by atoms with Crippen LogP contribution in [-0.4, -0.2) is 40.4 Å². The highest BCUT2D eigenvalue weighted by Crippen LogP contribution is 2.22. The van der Waals surface area contributed by atoms with Crippen molar-refractivity contribution < 1.29 is 26.1 Å². The second-order valence-electron chi connectivity index (χ2n) is 3.21. The van der Waals surface area contributed by atoms with E-state index in [1.807, 2.05) is 0 Å². The first-order chi connectivity index (χ1) is 6.90. The summed E-state index contributed by atoms with van der Waals surface area (Å²) in [6.07, 6.45) is 0.468. The third-order valence-corrected chi connectivity index (χ3v) is 2.50. The molecule has 88 valence electrons. The van der Waals surface area contributed by atoms with Crippen LogP contribution in [0.5, 0.6) is 0 Å². The Morgan fingerprint density at radius 3 is 2.67 bits per heavy atom. The number of hydrogen-bond donors (Lipinski definition) is 0. The number of hydrogen-bond acceptors (Lipinski definition) is 4. The molecule has 0 bridgehead atoms. The molecule has 0 saturated carbocycles. The van der Waals surface area contributed by atoms with E-state index in [4.69, 9.17) is 4.74 Å². The molecule has 0 aromatic heterocycles. The summed E-state index contributed by atoms with van der Waals surface area (Å²) in [6.45, 7) is -0.293. The third-order valence-electron chi connectivity index (χ3n) is 1.93. The Hall–Kier alpha value is -0.530. The van der Waals surface area contributed by atoms with Crippen LogP contribution in [0.15, 0.2) is 12.2 Å². The minimum Gasteiger partial charge on any atom is -0.369 e. The van der Waals surface area contributed by atoms with Crippen molar-refractivity contribution >= 4 is 10.1 Å². The van der Waals surface area contributed by atoms with Crippen molar-refractivity contribution in [2.75, 3.05) is 19.5 Å². The van der Waals surface area contributed by atoms with Gasteiger partial charge in [-0.2, -0.15) is 8.42 Å². The van der Waals surface area contributed by atoms with Crippen LogP contribution in [0.4, 0.5) is 8.78 Å². The van der Waals surface area contributed by atoms with Gasteiger partial charge < -0.3 is 4.74 Å². The van der Waals surface area contributed by atoms with Gasteiger partial charge in [0.15, 0.2) is 0 Å². The molecule has 0 N–H and O–H groups in total. The van der Waals surface area contributed by atoms with E-state index in [1.54, 1.807) is 6.08 Å². The van der Waals surface area contributed by atoms with Gasteiger partial charge >= 0.3 is 0 Å². The van der Waals surface area contributed by atoms with Gasteiger partial charge in [-0.3, -0.25) is 4.18 Å². The molecule has 7 heteroatoms. The maximum atomic E-state index is 12.5. The van der Waals surface area contributed by atoms with E-state index in [0.29, 0.717) is 0 Å². The van der Waals surface area contributed by atoms with E-state index in [0.717, 1.165) is 6.26 Å². The van der Waals surface area contributed by atoms with Gasteiger partial charge in [0.05, 0.1) is 31.5 Å². The highest BCUT2D eigenvalue weighted by Gasteiger charge is 2.31. The van der Waals surface area contributed by atoms with Crippen molar-refractivity contribution in [2.24, 2.45) is 5.92 Å². The van der Waals surface area contributed by atoms with Crippen LogP contribution < -0.4 is 0 Å². The first kappa shape index (κ1) is 12.5. The van der Waals surface area contributed by atoms with E-state index in [-0.39, 0.29) is 6.61 Å². The molecule has 0 aliphatic carbocycles. The predicted octanol–water partition coefficient (Wildman–Crippen LogP) is 0.799. The molecule has 2 atom stereocenters. The van der Waals surface area contributed by atoms with Crippen molar-refractivity contribution in [3.63, 3.8) is 0 Å². The lowest BCUT2D eigenvalue weighted by atomic mass is 10.1. The molecule has 0 aromatic carbocycles. The van der Waals surface area contributed by atoms with E-state index in [9.17, 15) is 17.2 Å². The Balaban J connectivity index is 2.55. The molecule has 0 radical (unpaired) electrons. The topological polar surface area (TPSA) is 52.6 Å². The number of halogens is 2. The molecule has 1 rings (SSSR count). The molecule has 0 amide bonds. The predicted molar refractivity (Wildman–Crippen MR) is 49.2 cm³/mol. The standard InChI is InChI=1S/C8H12F2O4S/c1-15(11,12)14-5-6(8(9)10)7-3-2-4-13-7/h2-3,6-8H,4-5H2,1H3. The summed E-state index contributed by atoms with van der Waals surface area (Å²) >= 11 is 0. The van der Waals surface area contributed by atoms with E-state index in [1.165, 1.54) is 6.08 Å². The summed E-state index contributed by atoms with van der Waals surface area (Å²) in [5.74, 6) is -1.25. The molecule has 15 heavy (non-hydrogen) atoms.